The van der Waals surface area contributed by atoms with Crippen molar-refractivity contribution in [2.45, 2.75) is 13.8 Å². The van der Waals surface area contributed by atoms with Gasteiger partial charge in [0.1, 0.15) is 11.3 Å². The van der Waals surface area contributed by atoms with E-state index >= 15 is 0 Å². The third-order valence-corrected chi connectivity index (χ3v) is 3.09. The molecule has 2 aromatic heterocycles. The van der Waals surface area contributed by atoms with Crippen molar-refractivity contribution in [3.05, 3.63) is 65.2 Å². The van der Waals surface area contributed by atoms with Crippen LogP contribution in [-0.4, -0.2) is 10.8 Å². The normalized spacial score (nSPS) is 10.8. The average Bonchev–Trinajstić information content (AvgIpc) is 2.83. The second kappa shape index (κ2) is 4.35. The van der Waals surface area contributed by atoms with Crippen molar-refractivity contribution in [2.75, 3.05) is 0 Å². The van der Waals surface area contributed by atoms with Crippen LogP contribution < -0.4 is 0 Å². The van der Waals surface area contributed by atoms with E-state index in [1.807, 2.05) is 44.2 Å². The number of furan rings is 1. The molecule has 0 saturated heterocycles. The largest absolute Gasteiger partial charge is 0.452 e. The van der Waals surface area contributed by atoms with Gasteiger partial charge in [-0.15, -0.1) is 0 Å². The summed E-state index contributed by atoms with van der Waals surface area (Å²) in [5.41, 5.74) is 3.02. The Morgan fingerprint density at radius 3 is 2.63 bits per heavy atom. The minimum atomic E-state index is -0.181. The zero-order valence-electron chi connectivity index (χ0n) is 10.8. The molecule has 0 radical (unpaired) electrons. The number of fused-ring (bicyclic) bond motifs is 1. The summed E-state index contributed by atoms with van der Waals surface area (Å²) in [6.45, 7) is 3.82. The molecule has 2 heterocycles. The van der Waals surface area contributed by atoms with Gasteiger partial charge in [0.25, 0.3) is 0 Å². The van der Waals surface area contributed by atoms with Gasteiger partial charge in [0.05, 0.1) is 0 Å². The van der Waals surface area contributed by atoms with Gasteiger partial charge in [-0.1, -0.05) is 24.3 Å². The zero-order valence-corrected chi connectivity index (χ0v) is 10.8. The maximum atomic E-state index is 12.3. The van der Waals surface area contributed by atoms with Crippen LogP contribution in [0.2, 0.25) is 0 Å². The lowest BCUT2D eigenvalue weighted by Crippen LogP contribution is -2.03. The van der Waals surface area contributed by atoms with E-state index < -0.39 is 0 Å². The summed E-state index contributed by atoms with van der Waals surface area (Å²) in [7, 11) is 0. The quantitative estimate of drug-likeness (QED) is 0.652. The molecule has 0 bridgehead atoms. The van der Waals surface area contributed by atoms with Crippen molar-refractivity contribution < 1.29 is 9.21 Å². The number of benzene rings is 1. The molecule has 3 nitrogen and oxygen atoms in total. The van der Waals surface area contributed by atoms with Crippen LogP contribution in [-0.2, 0) is 0 Å². The number of ketones is 1. The molecule has 1 aromatic carbocycles. The Morgan fingerprint density at radius 2 is 1.89 bits per heavy atom. The fraction of sp³-hybridized carbons (Fsp3) is 0.125. The number of aryl methyl sites for hydroxylation is 2. The monoisotopic (exact) mass is 251 g/mol. The Kier molecular flexibility index (Phi) is 2.67. The van der Waals surface area contributed by atoms with E-state index in [9.17, 15) is 4.79 Å². The van der Waals surface area contributed by atoms with E-state index in [0.29, 0.717) is 11.5 Å². The zero-order chi connectivity index (χ0) is 13.4. The van der Waals surface area contributed by atoms with Gasteiger partial charge >= 0.3 is 0 Å². The van der Waals surface area contributed by atoms with E-state index in [1.54, 1.807) is 12.1 Å². The van der Waals surface area contributed by atoms with Crippen LogP contribution in [0, 0.1) is 13.8 Å². The Balaban J connectivity index is 2.09. The van der Waals surface area contributed by atoms with E-state index in [1.165, 1.54) is 0 Å². The summed E-state index contributed by atoms with van der Waals surface area (Å²) in [4.78, 5) is 16.6. The number of hydrogen-bond donors (Lipinski definition) is 0. The molecule has 0 aliphatic heterocycles. The van der Waals surface area contributed by atoms with Gasteiger partial charge in [-0.3, -0.25) is 4.79 Å². The molecule has 0 spiro atoms. The van der Waals surface area contributed by atoms with Crippen molar-refractivity contribution in [3.8, 4) is 0 Å². The van der Waals surface area contributed by atoms with Crippen molar-refractivity contribution in [3.63, 3.8) is 0 Å². The summed E-state index contributed by atoms with van der Waals surface area (Å²) in [6, 6.07) is 13.0. The van der Waals surface area contributed by atoms with E-state index in [4.69, 9.17) is 4.42 Å². The van der Waals surface area contributed by atoms with Gasteiger partial charge in [-0.05, 0) is 37.6 Å². The fourth-order valence-electron chi connectivity index (χ4n) is 2.12. The lowest BCUT2D eigenvalue weighted by molar-refractivity contribution is 0.101. The van der Waals surface area contributed by atoms with Crippen LogP contribution in [0.15, 0.2) is 46.9 Å². The first-order valence-corrected chi connectivity index (χ1v) is 6.12. The van der Waals surface area contributed by atoms with Crippen LogP contribution in [0.3, 0.4) is 0 Å². The lowest BCUT2D eigenvalue weighted by atomic mass is 10.1. The molecule has 0 atom stereocenters. The molecule has 3 aromatic rings. The molecular weight excluding hydrogens is 238 g/mol. The number of pyridine rings is 1. The molecule has 0 aliphatic rings. The van der Waals surface area contributed by atoms with E-state index in [-0.39, 0.29) is 5.78 Å². The molecule has 0 amide bonds. The van der Waals surface area contributed by atoms with Crippen LogP contribution in [0.25, 0.3) is 11.0 Å². The highest BCUT2D eigenvalue weighted by Gasteiger charge is 2.16. The summed E-state index contributed by atoms with van der Waals surface area (Å²) < 4.78 is 5.67. The predicted octanol–water partition coefficient (Wildman–Crippen LogP) is 3.68. The molecule has 0 unspecified atom stereocenters. The highest BCUT2D eigenvalue weighted by molar-refractivity contribution is 6.07. The lowest BCUT2D eigenvalue weighted by Gasteiger charge is -1.98. The molecule has 0 saturated carbocycles. The topological polar surface area (TPSA) is 43.1 Å². The van der Waals surface area contributed by atoms with E-state index in [2.05, 4.69) is 4.98 Å². The third-order valence-electron chi connectivity index (χ3n) is 3.09. The molecule has 0 fully saturated rings. The van der Waals surface area contributed by atoms with Crippen LogP contribution in [0.1, 0.15) is 27.5 Å². The number of para-hydroxylation sites is 1. The first kappa shape index (κ1) is 11.7. The molecule has 19 heavy (non-hydrogen) atoms. The molecule has 0 aliphatic carbocycles. The molecule has 3 rings (SSSR count). The predicted molar refractivity (Wildman–Crippen MR) is 73.4 cm³/mol. The van der Waals surface area contributed by atoms with Crippen LogP contribution >= 0.6 is 0 Å². The molecule has 0 N–H and O–H groups in total. The van der Waals surface area contributed by atoms with Crippen molar-refractivity contribution in [1.29, 1.82) is 0 Å². The number of aromatic nitrogens is 1. The smallest absolute Gasteiger partial charge is 0.246 e. The number of carbonyl (C=O) groups is 1. The number of nitrogens with zero attached hydrogens (tertiary/aromatic N) is 1. The highest BCUT2D eigenvalue weighted by Crippen LogP contribution is 2.23. The molecule has 94 valence electrons. The van der Waals surface area contributed by atoms with Crippen LogP contribution in [0.5, 0.6) is 0 Å². The average molecular weight is 251 g/mol. The minimum Gasteiger partial charge on any atom is -0.452 e. The highest BCUT2D eigenvalue weighted by atomic mass is 16.3. The minimum absolute atomic E-state index is 0.181. The SMILES string of the molecule is Cc1cccc(C(=O)c2cc3cccc(C)c3o2)n1. The summed E-state index contributed by atoms with van der Waals surface area (Å²) in [5, 5.41) is 0.941. The van der Waals surface area contributed by atoms with Gasteiger partial charge < -0.3 is 4.42 Å². The van der Waals surface area contributed by atoms with Crippen molar-refractivity contribution in [1.82, 2.24) is 4.98 Å². The van der Waals surface area contributed by atoms with Crippen LogP contribution in [0.4, 0.5) is 0 Å². The van der Waals surface area contributed by atoms with Gasteiger partial charge in [0.2, 0.25) is 5.78 Å². The Hall–Kier alpha value is -2.42. The maximum Gasteiger partial charge on any atom is 0.246 e. The first-order valence-electron chi connectivity index (χ1n) is 6.12. The Bertz CT molecular complexity index is 771. The number of hydrogen-bond acceptors (Lipinski definition) is 3. The number of rotatable bonds is 2. The third kappa shape index (κ3) is 2.03. The maximum absolute atomic E-state index is 12.3. The summed E-state index contributed by atoms with van der Waals surface area (Å²) in [5.74, 6) is 0.154. The summed E-state index contributed by atoms with van der Waals surface area (Å²) in [6.07, 6.45) is 0. The van der Waals surface area contributed by atoms with Gasteiger partial charge in [-0.25, -0.2) is 4.98 Å². The standard InChI is InChI=1S/C16H13NO2/c1-10-5-3-7-12-9-14(19-16(10)12)15(18)13-8-4-6-11(2)17-13/h3-9H,1-2H3. The Labute approximate surface area is 110 Å². The first-order chi connectivity index (χ1) is 9.15. The second-order valence-corrected chi connectivity index (χ2v) is 4.60. The van der Waals surface area contributed by atoms with E-state index in [0.717, 1.165) is 22.2 Å². The second-order valence-electron chi connectivity index (χ2n) is 4.60. The van der Waals surface area contributed by atoms with Crippen molar-refractivity contribution in [2.24, 2.45) is 0 Å². The van der Waals surface area contributed by atoms with Gasteiger partial charge in [-0.2, -0.15) is 0 Å². The molecular formula is C16H13NO2. The van der Waals surface area contributed by atoms with Gasteiger partial charge in [0.15, 0.2) is 5.76 Å². The van der Waals surface area contributed by atoms with Crippen molar-refractivity contribution >= 4 is 16.8 Å². The Morgan fingerprint density at radius 1 is 1.11 bits per heavy atom. The summed E-state index contributed by atoms with van der Waals surface area (Å²) >= 11 is 0. The molecule has 3 heteroatoms. The fourth-order valence-corrected chi connectivity index (χ4v) is 2.12. The van der Waals surface area contributed by atoms with Gasteiger partial charge in [0, 0.05) is 11.1 Å². The number of carbonyl (C=O) groups excluding carboxylic acids is 1.